The lowest BCUT2D eigenvalue weighted by molar-refractivity contribution is 0.448. The zero-order valence-electron chi connectivity index (χ0n) is 11.3. The van der Waals surface area contributed by atoms with E-state index in [0.29, 0.717) is 16.4 Å². The third-order valence-electron chi connectivity index (χ3n) is 3.90. The van der Waals surface area contributed by atoms with Crippen LogP contribution in [0.25, 0.3) is 11.1 Å². The number of aromatic nitrogens is 2. The molecule has 0 amide bonds. The summed E-state index contributed by atoms with van der Waals surface area (Å²) in [7, 11) is 0. The molecular weight excluding hydrogens is 276 g/mol. The molecule has 1 heterocycles. The van der Waals surface area contributed by atoms with E-state index in [2.05, 4.69) is 23.8 Å². The van der Waals surface area contributed by atoms with Crippen molar-refractivity contribution < 1.29 is 5.11 Å². The average Bonchev–Trinajstić information content (AvgIpc) is 3.00. The summed E-state index contributed by atoms with van der Waals surface area (Å²) in [5.41, 5.74) is 0.605. The molecule has 2 aromatic rings. The molecule has 0 bridgehead atoms. The second-order valence-electron chi connectivity index (χ2n) is 5.90. The van der Waals surface area contributed by atoms with Crippen molar-refractivity contribution in [2.24, 2.45) is 5.41 Å². The summed E-state index contributed by atoms with van der Waals surface area (Å²) < 4.78 is 0. The third kappa shape index (κ3) is 2.20. The van der Waals surface area contributed by atoms with E-state index in [1.807, 2.05) is 0 Å². The van der Waals surface area contributed by atoms with Crippen molar-refractivity contribution in [1.82, 2.24) is 9.97 Å². The van der Waals surface area contributed by atoms with Gasteiger partial charge in [0.15, 0.2) is 0 Å². The van der Waals surface area contributed by atoms with Gasteiger partial charge in [-0.15, -0.1) is 0 Å². The second-order valence-corrected chi connectivity index (χ2v) is 6.34. The summed E-state index contributed by atoms with van der Waals surface area (Å²) >= 11 is 5.82. The molecule has 5 heteroatoms. The summed E-state index contributed by atoms with van der Waals surface area (Å²) in [4.78, 5) is 19.1. The highest BCUT2D eigenvalue weighted by Gasteiger charge is 2.48. The molecular formula is C15H15ClN2O2. The van der Waals surface area contributed by atoms with Crippen LogP contribution >= 0.6 is 11.6 Å². The number of nitrogens with zero attached hydrogens (tertiary/aromatic N) is 1. The number of hydrogen-bond donors (Lipinski definition) is 2. The van der Waals surface area contributed by atoms with E-state index in [1.165, 1.54) is 0 Å². The zero-order chi connectivity index (χ0) is 14.5. The van der Waals surface area contributed by atoms with Crippen molar-refractivity contribution >= 4 is 11.6 Å². The largest absolute Gasteiger partial charge is 0.493 e. The molecule has 1 unspecified atom stereocenters. The second kappa shape index (κ2) is 4.35. The lowest BCUT2D eigenvalue weighted by Crippen LogP contribution is -2.14. The fraction of sp³-hybridized carbons (Fsp3) is 0.333. The molecule has 20 heavy (non-hydrogen) atoms. The van der Waals surface area contributed by atoms with E-state index < -0.39 is 0 Å². The van der Waals surface area contributed by atoms with Gasteiger partial charge in [-0.25, -0.2) is 0 Å². The van der Waals surface area contributed by atoms with Gasteiger partial charge in [-0.3, -0.25) is 4.79 Å². The molecule has 104 valence electrons. The van der Waals surface area contributed by atoms with E-state index in [9.17, 15) is 9.90 Å². The Morgan fingerprint density at radius 3 is 2.45 bits per heavy atom. The highest BCUT2D eigenvalue weighted by Crippen LogP contribution is 2.57. The maximum Gasteiger partial charge on any atom is 0.262 e. The van der Waals surface area contributed by atoms with Crippen molar-refractivity contribution in [3.8, 4) is 17.0 Å². The molecule has 1 aromatic carbocycles. The van der Waals surface area contributed by atoms with Crippen LogP contribution in [0.3, 0.4) is 0 Å². The van der Waals surface area contributed by atoms with Crippen LogP contribution in [0.15, 0.2) is 29.1 Å². The smallest absolute Gasteiger partial charge is 0.262 e. The fourth-order valence-electron chi connectivity index (χ4n) is 2.45. The van der Waals surface area contributed by atoms with E-state index in [0.717, 1.165) is 6.42 Å². The molecule has 1 saturated carbocycles. The van der Waals surface area contributed by atoms with Gasteiger partial charge in [0.2, 0.25) is 5.88 Å². The summed E-state index contributed by atoms with van der Waals surface area (Å²) in [6.45, 7) is 4.23. The minimum atomic E-state index is -0.322. The molecule has 0 aliphatic heterocycles. The third-order valence-corrected chi connectivity index (χ3v) is 4.15. The predicted octanol–water partition coefficient (Wildman–Crippen LogP) is 3.31. The van der Waals surface area contributed by atoms with Crippen molar-refractivity contribution in [3.63, 3.8) is 0 Å². The van der Waals surface area contributed by atoms with Gasteiger partial charge in [0.25, 0.3) is 5.56 Å². The SMILES string of the molecule is CC1(C)CC1c1nc(O)c(-c2ccc(Cl)cc2)c(=O)[nH]1. The van der Waals surface area contributed by atoms with Gasteiger partial charge < -0.3 is 10.1 Å². The van der Waals surface area contributed by atoms with Gasteiger partial charge in [0.05, 0.1) is 0 Å². The van der Waals surface area contributed by atoms with Crippen LogP contribution in [0.4, 0.5) is 0 Å². The monoisotopic (exact) mass is 290 g/mol. The Morgan fingerprint density at radius 1 is 1.35 bits per heavy atom. The van der Waals surface area contributed by atoms with Gasteiger partial charge in [0.1, 0.15) is 11.4 Å². The van der Waals surface area contributed by atoms with Gasteiger partial charge in [-0.05, 0) is 29.5 Å². The van der Waals surface area contributed by atoms with Crippen LogP contribution in [0.5, 0.6) is 5.88 Å². The van der Waals surface area contributed by atoms with Crippen molar-refractivity contribution in [1.29, 1.82) is 0 Å². The summed E-state index contributed by atoms with van der Waals surface area (Å²) in [6, 6.07) is 6.73. The maximum absolute atomic E-state index is 12.2. The standard InChI is InChI=1S/C15H15ClN2O2/c1-15(2)7-10(15)12-17-13(19)11(14(20)18-12)8-3-5-9(16)6-4-8/h3-6,10H,7H2,1-2H3,(H2,17,18,19,20). The van der Waals surface area contributed by atoms with Gasteiger partial charge in [-0.1, -0.05) is 37.6 Å². The molecule has 1 aliphatic rings. The summed E-state index contributed by atoms with van der Waals surface area (Å²) in [6.07, 6.45) is 0.968. The number of halogens is 1. The first-order chi connectivity index (χ1) is 9.38. The van der Waals surface area contributed by atoms with E-state index in [1.54, 1.807) is 24.3 Å². The van der Waals surface area contributed by atoms with Crippen LogP contribution in [0.2, 0.25) is 5.02 Å². The van der Waals surface area contributed by atoms with E-state index >= 15 is 0 Å². The quantitative estimate of drug-likeness (QED) is 0.892. The Balaban J connectivity index is 2.06. The molecule has 0 spiro atoms. The topological polar surface area (TPSA) is 66.0 Å². The molecule has 1 aliphatic carbocycles. The molecule has 4 nitrogen and oxygen atoms in total. The van der Waals surface area contributed by atoms with Crippen LogP contribution < -0.4 is 5.56 Å². The Morgan fingerprint density at radius 2 is 1.95 bits per heavy atom. The molecule has 0 radical (unpaired) electrons. The van der Waals surface area contributed by atoms with Crippen molar-refractivity contribution in [2.75, 3.05) is 0 Å². The number of benzene rings is 1. The fourth-order valence-corrected chi connectivity index (χ4v) is 2.58. The number of aromatic amines is 1. The normalized spacial score (nSPS) is 19.9. The van der Waals surface area contributed by atoms with E-state index in [-0.39, 0.29) is 28.3 Å². The zero-order valence-corrected chi connectivity index (χ0v) is 12.0. The summed E-state index contributed by atoms with van der Waals surface area (Å²) in [5, 5.41) is 10.7. The molecule has 3 rings (SSSR count). The Bertz CT molecular complexity index is 720. The maximum atomic E-state index is 12.2. The van der Waals surface area contributed by atoms with Gasteiger partial charge >= 0.3 is 0 Å². The van der Waals surface area contributed by atoms with Crippen LogP contribution in [-0.4, -0.2) is 15.1 Å². The number of H-pyrrole nitrogens is 1. The first-order valence-corrected chi connectivity index (χ1v) is 6.85. The number of hydrogen-bond acceptors (Lipinski definition) is 3. The average molecular weight is 291 g/mol. The van der Waals surface area contributed by atoms with Crippen molar-refractivity contribution in [2.45, 2.75) is 26.2 Å². The number of aromatic hydroxyl groups is 1. The first-order valence-electron chi connectivity index (χ1n) is 6.47. The molecule has 0 saturated heterocycles. The van der Waals surface area contributed by atoms with Crippen molar-refractivity contribution in [3.05, 3.63) is 45.5 Å². The van der Waals surface area contributed by atoms with Gasteiger partial charge in [-0.2, -0.15) is 4.98 Å². The molecule has 1 atom stereocenters. The Labute approximate surface area is 121 Å². The molecule has 1 fully saturated rings. The van der Waals surface area contributed by atoms with Crippen LogP contribution in [0, 0.1) is 5.41 Å². The van der Waals surface area contributed by atoms with E-state index in [4.69, 9.17) is 11.6 Å². The predicted molar refractivity (Wildman–Crippen MR) is 78.1 cm³/mol. The lowest BCUT2D eigenvalue weighted by atomic mass is 10.1. The highest BCUT2D eigenvalue weighted by atomic mass is 35.5. The molecule has 2 N–H and O–H groups in total. The highest BCUT2D eigenvalue weighted by molar-refractivity contribution is 6.30. The van der Waals surface area contributed by atoms with Crippen LogP contribution in [0.1, 0.15) is 32.0 Å². The van der Waals surface area contributed by atoms with Crippen LogP contribution in [-0.2, 0) is 0 Å². The minimum absolute atomic E-state index is 0.143. The number of nitrogens with one attached hydrogen (secondary N) is 1. The minimum Gasteiger partial charge on any atom is -0.493 e. The Hall–Kier alpha value is -1.81. The summed E-state index contributed by atoms with van der Waals surface area (Å²) in [5.74, 6) is 0.546. The van der Waals surface area contributed by atoms with Gasteiger partial charge in [0, 0.05) is 10.9 Å². The Kier molecular flexibility index (Phi) is 2.87. The lowest BCUT2D eigenvalue weighted by Gasteiger charge is -2.07. The number of rotatable bonds is 2. The first kappa shape index (κ1) is 13.2. The molecule has 1 aromatic heterocycles.